The van der Waals surface area contributed by atoms with E-state index in [-0.39, 0.29) is 35.8 Å². The predicted octanol–water partition coefficient (Wildman–Crippen LogP) is -12.4. The van der Waals surface area contributed by atoms with Crippen LogP contribution in [0.25, 0.3) is 0 Å². The number of rotatable bonds is 42. The van der Waals surface area contributed by atoms with E-state index in [9.17, 15) is 56.2 Å². The minimum absolute atomic E-state index is 0.0129. The van der Waals surface area contributed by atoms with Gasteiger partial charge in [0.05, 0.1) is 0 Å². The van der Waals surface area contributed by atoms with E-state index in [4.69, 9.17) is 193 Å². The Morgan fingerprint density at radius 1 is 0.241 bits per heavy atom. The topological polar surface area (TPSA) is 1170 Å². The first-order valence-corrected chi connectivity index (χ1v) is 38.6. The van der Waals surface area contributed by atoms with Gasteiger partial charge in [-0.1, -0.05) is 0 Å². The third kappa shape index (κ3) is 74.3. The summed E-state index contributed by atoms with van der Waals surface area (Å²) in [6.45, 7) is 2.52. The van der Waals surface area contributed by atoms with E-state index >= 15 is 0 Å². The molecule has 108 heavy (non-hydrogen) atoms. The lowest BCUT2D eigenvalue weighted by Gasteiger charge is -2.48. The molecule has 0 spiro atoms. The largest absolute Gasteiger partial charge is 0.480 e. The van der Waals surface area contributed by atoms with Gasteiger partial charge >= 0.3 is 82.8 Å². The monoisotopic (exact) mass is 1700 g/mol. The number of aliphatic carboxylic acids is 6. The molecule has 0 unspecified atom stereocenters. The van der Waals surface area contributed by atoms with Gasteiger partial charge in [0.25, 0.3) is 0 Å². The molecule has 636 valence electrons. The SMILES string of the molecule is NC(N)=NCCC[C@H](N)C(=O)O.NC(N)=NCCC[C@H](N)C(=O)O.NC(N)=NCCC[C@H](N)C(=O)O.NC(N)=NCCC[C@H](N)C(=O)O.NC(N)=NCCC[C@H](N)C(=O)O.NC(N)=NCCC[C@H](N)C(=O)O.O=P(O)(O)OC1C(OP(=O)(O)O)C(OP(=O)(O)O)C(OP(=O)(O)O)C(OP(=O)(O)O)C1OP(=O)(O)O. The molecular formula is C42H102N24O36P6. The molecule has 0 radical (unpaired) electrons. The molecule has 0 heterocycles. The summed E-state index contributed by atoms with van der Waals surface area (Å²) in [5, 5.41) is 50.3. The summed E-state index contributed by atoms with van der Waals surface area (Å²) in [5.41, 5.74) is 91.9. The zero-order valence-corrected chi connectivity index (χ0v) is 62.2. The van der Waals surface area contributed by atoms with Crippen LogP contribution >= 0.6 is 46.9 Å². The molecule has 1 rings (SSSR count). The maximum atomic E-state index is 11.4. The van der Waals surface area contributed by atoms with Crippen LogP contribution in [0.4, 0.5) is 0 Å². The molecule has 1 aliphatic carbocycles. The number of hydrogen-bond acceptors (Lipinski definition) is 30. The molecule has 0 bridgehead atoms. The lowest BCUT2D eigenvalue weighted by atomic mass is 9.85. The van der Waals surface area contributed by atoms with Crippen LogP contribution in [0.15, 0.2) is 30.0 Å². The molecule has 0 saturated heterocycles. The van der Waals surface area contributed by atoms with Gasteiger partial charge in [-0.3, -0.25) is 85.9 Å². The number of nitrogens with zero attached hydrogens (tertiary/aromatic N) is 6. The minimum atomic E-state index is -6.02. The first-order valence-electron chi connectivity index (χ1n) is 29.5. The van der Waals surface area contributed by atoms with Gasteiger partial charge < -0.3 is 193 Å². The Kier molecular flexibility index (Phi) is 59.0. The number of carboxylic acids is 6. The number of phosphoric acid groups is 6. The van der Waals surface area contributed by atoms with Crippen molar-refractivity contribution in [2.75, 3.05) is 39.3 Å². The smallest absolute Gasteiger partial charge is 0.470 e. The first-order chi connectivity index (χ1) is 48.8. The summed E-state index contributed by atoms with van der Waals surface area (Å²) in [6.07, 6.45) is -13.1. The van der Waals surface area contributed by atoms with Gasteiger partial charge in [0.2, 0.25) is 0 Å². The molecule has 0 aromatic rings. The molecule has 66 heteroatoms. The highest BCUT2D eigenvalue weighted by Crippen LogP contribution is 2.57. The Morgan fingerprint density at radius 3 is 0.398 bits per heavy atom. The van der Waals surface area contributed by atoms with Gasteiger partial charge in [-0.15, -0.1) is 0 Å². The Hall–Kier alpha value is -7.14. The number of carbonyl (C=O) groups is 6. The molecule has 6 atom stereocenters. The fourth-order valence-corrected chi connectivity index (χ4v) is 9.99. The number of guanidine groups is 6. The third-order valence-corrected chi connectivity index (χ3v) is 14.3. The van der Waals surface area contributed by atoms with E-state index in [2.05, 4.69) is 57.1 Å². The van der Waals surface area contributed by atoms with Crippen molar-refractivity contribution in [3.05, 3.63) is 0 Å². The van der Waals surface area contributed by atoms with Crippen molar-refractivity contribution in [3.8, 4) is 0 Å². The number of aliphatic imine (C=N–C) groups is 6. The summed E-state index contributed by atoms with van der Waals surface area (Å²) in [5.74, 6) is -5.92. The summed E-state index contributed by atoms with van der Waals surface area (Å²) in [7, 11) is -36.1. The lowest BCUT2D eigenvalue weighted by molar-refractivity contribution is -0.202. The molecule has 0 amide bonds. The second-order valence-electron chi connectivity index (χ2n) is 20.7. The Morgan fingerprint density at radius 2 is 0.333 bits per heavy atom. The molecule has 1 fully saturated rings. The Labute approximate surface area is 611 Å². The van der Waals surface area contributed by atoms with Crippen molar-refractivity contribution >= 4 is 119 Å². The maximum Gasteiger partial charge on any atom is 0.470 e. The molecular weight excluding hydrogens is 1600 g/mol. The second kappa shape index (κ2) is 57.0. The van der Waals surface area contributed by atoms with Crippen molar-refractivity contribution in [3.63, 3.8) is 0 Å². The quantitative estimate of drug-likeness (QED) is 0.0117. The van der Waals surface area contributed by atoms with E-state index in [1.54, 1.807) is 0 Å². The van der Waals surface area contributed by atoms with Crippen LogP contribution in [0.5, 0.6) is 0 Å². The van der Waals surface area contributed by atoms with Gasteiger partial charge in [-0.25, -0.2) is 27.4 Å². The predicted molar refractivity (Wildman–Crippen MR) is 375 cm³/mol. The molecule has 1 aliphatic rings. The van der Waals surface area contributed by atoms with Crippen molar-refractivity contribution in [1.82, 2.24) is 0 Å². The minimum Gasteiger partial charge on any atom is -0.480 e. The highest BCUT2D eigenvalue weighted by Gasteiger charge is 2.63. The zero-order chi connectivity index (χ0) is 86.1. The van der Waals surface area contributed by atoms with Gasteiger partial charge in [0.1, 0.15) is 72.9 Å². The highest BCUT2D eigenvalue weighted by atomic mass is 31.2. The third-order valence-electron chi connectivity index (χ3n) is 11.2. The van der Waals surface area contributed by atoms with Gasteiger partial charge in [0, 0.05) is 39.3 Å². The van der Waals surface area contributed by atoms with Crippen LogP contribution in [0.2, 0.25) is 0 Å². The van der Waals surface area contributed by atoms with Crippen LogP contribution in [0.3, 0.4) is 0 Å². The van der Waals surface area contributed by atoms with E-state index in [0.29, 0.717) is 116 Å². The molecule has 0 aromatic carbocycles. The van der Waals surface area contributed by atoms with Gasteiger partial charge in [0.15, 0.2) is 35.8 Å². The van der Waals surface area contributed by atoms with Crippen LogP contribution in [-0.2, 0) is 83.3 Å². The molecule has 0 aliphatic heterocycles. The van der Waals surface area contributed by atoms with E-state index in [1.807, 2.05) is 0 Å². The lowest BCUT2D eigenvalue weighted by Crippen LogP contribution is -2.66. The Bertz CT molecular complexity index is 2630. The summed E-state index contributed by atoms with van der Waals surface area (Å²) < 4.78 is 93.1. The van der Waals surface area contributed by atoms with E-state index in [0.717, 1.165) is 0 Å². The Balaban J connectivity index is -0.000000303. The normalized spacial score (nSPS) is 17.8. The van der Waals surface area contributed by atoms with Crippen molar-refractivity contribution < 1.29 is 173 Å². The van der Waals surface area contributed by atoms with E-state index in [1.165, 1.54) is 0 Å². The van der Waals surface area contributed by atoms with Gasteiger partial charge in [-0.05, 0) is 77.0 Å². The molecule has 60 nitrogen and oxygen atoms in total. The maximum absolute atomic E-state index is 11.4. The number of phosphoric ester groups is 6. The number of hydrogen-bond donors (Lipinski definition) is 36. The zero-order valence-electron chi connectivity index (χ0n) is 56.8. The van der Waals surface area contributed by atoms with Crippen LogP contribution in [0.1, 0.15) is 77.0 Å². The van der Waals surface area contributed by atoms with Crippen molar-refractivity contribution in [2.24, 2.45) is 133 Å². The summed E-state index contributed by atoms with van der Waals surface area (Å²) in [4.78, 5) is 193. The first kappa shape index (κ1) is 112. The average molecular weight is 1710 g/mol. The van der Waals surface area contributed by atoms with Crippen LogP contribution < -0.4 is 103 Å². The average Bonchev–Trinajstić information content (AvgIpc) is 0.745. The number of carboxylic acid groups (broad SMARTS) is 6. The fourth-order valence-electron chi connectivity index (χ4n) is 6.65. The highest BCUT2D eigenvalue weighted by molar-refractivity contribution is 7.47. The molecule has 54 N–H and O–H groups in total. The standard InChI is InChI=1S/6C6H14N4O2.C6H18O24P6/c6*7-4(5(11)12)2-1-3-10-6(8)9;7-31(8,9)25-1-2(26-32(10,11)12)4(28-34(16,17)18)6(30-36(22,23)24)5(29-35(19,20)21)3(1)27-33(13,14)15/h6*4H,1-3,7H2,(H,11,12)(H4,8,9,10);1-6H,(H2,7,8,9)(H2,10,11,12)(H2,13,14,15)(H2,16,17,18)(H2,19,20,21)(H2,22,23,24)/t6*4-;/m000000./s1. The molecule has 0 aromatic heterocycles. The van der Waals surface area contributed by atoms with Crippen molar-refractivity contribution in [1.29, 1.82) is 0 Å². The molecule has 1 saturated carbocycles. The fraction of sp³-hybridized carbons (Fsp3) is 0.714. The van der Waals surface area contributed by atoms with Crippen LogP contribution in [-0.4, -0.2) is 273 Å². The van der Waals surface area contributed by atoms with Gasteiger partial charge in [-0.2, -0.15) is 0 Å². The summed E-state index contributed by atoms with van der Waals surface area (Å²) in [6, 6.07) is -4.92. The summed E-state index contributed by atoms with van der Waals surface area (Å²) >= 11 is 0. The number of nitrogens with two attached hydrogens (primary N) is 18. The second-order valence-corrected chi connectivity index (χ2v) is 27.9. The van der Waals surface area contributed by atoms with Crippen LogP contribution in [0, 0.1) is 0 Å². The van der Waals surface area contributed by atoms with E-state index < -0.39 is 156 Å². The van der Waals surface area contributed by atoms with Crippen molar-refractivity contribution in [2.45, 2.75) is 150 Å².